The lowest BCUT2D eigenvalue weighted by atomic mass is 10.1. The minimum atomic E-state index is -0.338. The molecule has 7 heteroatoms. The summed E-state index contributed by atoms with van der Waals surface area (Å²) in [6.45, 7) is 1.99. The Bertz CT molecular complexity index is 774. The van der Waals surface area contributed by atoms with Crippen molar-refractivity contribution in [2.75, 3.05) is 5.75 Å². The minimum absolute atomic E-state index is 0.0162. The molecule has 1 aromatic carbocycles. The topological polar surface area (TPSA) is 84.2 Å². The van der Waals surface area contributed by atoms with Crippen molar-refractivity contribution in [2.45, 2.75) is 44.2 Å². The highest BCUT2D eigenvalue weighted by Gasteiger charge is 2.08. The van der Waals surface area contributed by atoms with Crippen molar-refractivity contribution < 1.29 is 10.0 Å². The summed E-state index contributed by atoms with van der Waals surface area (Å²) in [5, 5.41) is 9.79. The number of nitrogens with one attached hydrogen (secondary N) is 1. The van der Waals surface area contributed by atoms with E-state index >= 15 is 0 Å². The summed E-state index contributed by atoms with van der Waals surface area (Å²) in [5.41, 5.74) is 3.45. The largest absolute Gasteiger partial charge is 0.290 e. The van der Waals surface area contributed by atoms with Crippen LogP contribution in [0.2, 0.25) is 0 Å². The van der Waals surface area contributed by atoms with Crippen LogP contribution in [0.5, 0.6) is 0 Å². The molecule has 2 aromatic rings. The number of thioether (sulfide) groups is 1. The molecule has 130 valence electrons. The van der Waals surface area contributed by atoms with Gasteiger partial charge in [0.15, 0.2) is 5.16 Å². The van der Waals surface area contributed by atoms with Crippen LogP contribution in [0.1, 0.15) is 37.7 Å². The van der Waals surface area contributed by atoms with E-state index in [2.05, 4.69) is 4.98 Å². The number of aryl methyl sites for hydroxylation is 1. The third kappa shape index (κ3) is 4.82. The van der Waals surface area contributed by atoms with E-state index in [1.54, 1.807) is 28.9 Å². The molecule has 1 amide bonds. The van der Waals surface area contributed by atoms with Gasteiger partial charge in [-0.15, -0.1) is 0 Å². The number of carbonyl (C=O) groups is 1. The number of benzene rings is 1. The van der Waals surface area contributed by atoms with Crippen LogP contribution in [-0.2, 0) is 11.8 Å². The zero-order valence-corrected chi connectivity index (χ0v) is 14.9. The van der Waals surface area contributed by atoms with Gasteiger partial charge in [-0.3, -0.25) is 19.4 Å². The normalized spacial score (nSPS) is 11.0. The van der Waals surface area contributed by atoms with Crippen molar-refractivity contribution in [2.24, 2.45) is 7.05 Å². The molecule has 0 unspecified atom stereocenters. The monoisotopic (exact) mass is 349 g/mol. The molecule has 6 nitrogen and oxygen atoms in total. The minimum Gasteiger partial charge on any atom is -0.290 e. The maximum absolute atomic E-state index is 12.4. The van der Waals surface area contributed by atoms with Gasteiger partial charge in [-0.05, 0) is 37.5 Å². The highest BCUT2D eigenvalue weighted by molar-refractivity contribution is 7.99. The second-order valence-corrected chi connectivity index (χ2v) is 6.89. The number of carbonyl (C=O) groups excluding carboxylic acids is 1. The predicted molar refractivity (Wildman–Crippen MR) is 95.5 cm³/mol. The van der Waals surface area contributed by atoms with E-state index in [0.29, 0.717) is 11.8 Å². The lowest BCUT2D eigenvalue weighted by Gasteiger charge is -2.09. The first kappa shape index (κ1) is 18.5. The molecule has 0 saturated heterocycles. The lowest BCUT2D eigenvalue weighted by molar-refractivity contribution is -0.129. The van der Waals surface area contributed by atoms with Gasteiger partial charge in [0, 0.05) is 19.2 Å². The standard InChI is InChI=1S/C17H23N3O3S/c1-12-8-9-13-14(11-12)18-17(20(2)16(13)22)24-10-6-4-3-5-7-15(21)19-23/h8-9,11,23H,3-7,10H2,1-2H3,(H,19,21). The third-order valence-electron chi connectivity index (χ3n) is 3.85. The van der Waals surface area contributed by atoms with E-state index in [-0.39, 0.29) is 11.5 Å². The molecule has 0 atom stereocenters. The molecule has 0 saturated carbocycles. The quantitative estimate of drug-likeness (QED) is 0.252. The molecule has 0 fully saturated rings. The molecule has 0 aliphatic heterocycles. The van der Waals surface area contributed by atoms with Crippen LogP contribution in [0, 0.1) is 6.92 Å². The number of nitrogens with zero attached hydrogens (tertiary/aromatic N) is 2. The van der Waals surface area contributed by atoms with Gasteiger partial charge < -0.3 is 0 Å². The molecule has 0 radical (unpaired) electrons. The molecule has 1 heterocycles. The van der Waals surface area contributed by atoms with Gasteiger partial charge in [0.1, 0.15) is 0 Å². The number of fused-ring (bicyclic) bond motifs is 1. The average molecular weight is 349 g/mol. The molecule has 0 bridgehead atoms. The summed E-state index contributed by atoms with van der Waals surface area (Å²) in [5.74, 6) is 0.541. The maximum atomic E-state index is 12.4. The number of rotatable bonds is 8. The summed E-state index contributed by atoms with van der Waals surface area (Å²) in [6.07, 6.45) is 4.06. The molecule has 1 aromatic heterocycles. The smallest absolute Gasteiger partial charge is 0.261 e. The number of aromatic nitrogens is 2. The van der Waals surface area contributed by atoms with Gasteiger partial charge in [-0.25, -0.2) is 10.5 Å². The van der Waals surface area contributed by atoms with E-state index in [9.17, 15) is 9.59 Å². The molecular weight excluding hydrogens is 326 g/mol. The van der Waals surface area contributed by atoms with Gasteiger partial charge >= 0.3 is 0 Å². The van der Waals surface area contributed by atoms with Gasteiger partial charge in [-0.2, -0.15) is 0 Å². The Kier molecular flexibility index (Phi) is 6.81. The first-order valence-electron chi connectivity index (χ1n) is 8.06. The fraction of sp³-hybridized carbons (Fsp3) is 0.471. The molecule has 0 spiro atoms. The average Bonchev–Trinajstić information content (AvgIpc) is 2.57. The zero-order valence-electron chi connectivity index (χ0n) is 14.0. The second-order valence-electron chi connectivity index (χ2n) is 5.83. The molecule has 2 rings (SSSR count). The summed E-state index contributed by atoms with van der Waals surface area (Å²) in [6, 6.07) is 5.69. The van der Waals surface area contributed by atoms with Crippen molar-refractivity contribution in [3.05, 3.63) is 34.1 Å². The number of hydrogen-bond acceptors (Lipinski definition) is 5. The van der Waals surface area contributed by atoms with E-state index in [4.69, 9.17) is 5.21 Å². The highest BCUT2D eigenvalue weighted by atomic mass is 32.2. The number of hydrogen-bond donors (Lipinski definition) is 2. The van der Waals surface area contributed by atoms with Gasteiger partial charge in [0.05, 0.1) is 10.9 Å². The first-order chi connectivity index (χ1) is 11.5. The van der Waals surface area contributed by atoms with Crippen molar-refractivity contribution in [1.82, 2.24) is 15.0 Å². The van der Waals surface area contributed by atoms with Crippen molar-refractivity contribution in [3.63, 3.8) is 0 Å². The Labute approximate surface area is 145 Å². The number of amides is 1. The summed E-state index contributed by atoms with van der Waals surface area (Å²) in [7, 11) is 1.75. The maximum Gasteiger partial charge on any atom is 0.261 e. The van der Waals surface area contributed by atoms with Crippen LogP contribution < -0.4 is 11.0 Å². The Balaban J connectivity index is 1.88. The van der Waals surface area contributed by atoms with Crippen LogP contribution in [0.3, 0.4) is 0 Å². The van der Waals surface area contributed by atoms with Crippen LogP contribution in [-0.4, -0.2) is 26.4 Å². The molecule has 0 aliphatic rings. The fourth-order valence-corrected chi connectivity index (χ4v) is 3.42. The van der Waals surface area contributed by atoms with E-state index in [1.807, 2.05) is 25.1 Å². The first-order valence-corrected chi connectivity index (χ1v) is 9.04. The van der Waals surface area contributed by atoms with E-state index in [0.717, 1.165) is 47.7 Å². The SMILES string of the molecule is Cc1ccc2c(=O)n(C)c(SCCCCCCC(=O)NO)nc2c1. The highest BCUT2D eigenvalue weighted by Crippen LogP contribution is 2.19. The summed E-state index contributed by atoms with van der Waals surface area (Å²) < 4.78 is 1.61. The van der Waals surface area contributed by atoms with Crippen molar-refractivity contribution in [3.8, 4) is 0 Å². The van der Waals surface area contributed by atoms with Gasteiger partial charge in [-0.1, -0.05) is 30.7 Å². The number of unbranched alkanes of at least 4 members (excludes halogenated alkanes) is 3. The van der Waals surface area contributed by atoms with Crippen LogP contribution in [0.4, 0.5) is 0 Å². The Morgan fingerprint density at radius 1 is 1.29 bits per heavy atom. The molecule has 0 aliphatic carbocycles. The zero-order chi connectivity index (χ0) is 17.5. The van der Waals surface area contributed by atoms with Crippen molar-refractivity contribution >= 4 is 28.6 Å². The van der Waals surface area contributed by atoms with E-state index in [1.165, 1.54) is 0 Å². The van der Waals surface area contributed by atoms with Crippen molar-refractivity contribution in [1.29, 1.82) is 0 Å². The third-order valence-corrected chi connectivity index (χ3v) is 4.96. The van der Waals surface area contributed by atoms with E-state index < -0.39 is 0 Å². The van der Waals surface area contributed by atoms with Crippen LogP contribution in [0.25, 0.3) is 10.9 Å². The Morgan fingerprint density at radius 2 is 2.04 bits per heavy atom. The summed E-state index contributed by atoms with van der Waals surface area (Å²) in [4.78, 5) is 27.9. The molecule has 24 heavy (non-hydrogen) atoms. The fourth-order valence-electron chi connectivity index (χ4n) is 2.45. The summed E-state index contributed by atoms with van der Waals surface area (Å²) >= 11 is 1.58. The Morgan fingerprint density at radius 3 is 2.79 bits per heavy atom. The second kappa shape index (κ2) is 8.84. The van der Waals surface area contributed by atoms with Gasteiger partial charge in [0.2, 0.25) is 5.91 Å². The lowest BCUT2D eigenvalue weighted by Crippen LogP contribution is -2.20. The molecular formula is C17H23N3O3S. The predicted octanol–water partition coefficient (Wildman–Crippen LogP) is 2.79. The van der Waals surface area contributed by atoms with Crippen LogP contribution >= 0.6 is 11.8 Å². The van der Waals surface area contributed by atoms with Gasteiger partial charge in [0.25, 0.3) is 5.56 Å². The Hall–Kier alpha value is -1.86. The van der Waals surface area contributed by atoms with Crippen LogP contribution in [0.15, 0.2) is 28.2 Å². The molecule has 2 N–H and O–H groups in total. The number of hydroxylamine groups is 1.